The number of ether oxygens (including phenoxy) is 1. The largest absolute Gasteiger partial charge is 0.395 e. The predicted octanol–water partition coefficient (Wildman–Crippen LogP) is 3.49. The van der Waals surface area contributed by atoms with Crippen LogP contribution in [-0.4, -0.2) is 70.9 Å². The summed E-state index contributed by atoms with van der Waals surface area (Å²) in [6.45, 7) is 6.38. The Hall–Kier alpha value is -0.200. The average molecular weight is 388 g/mol. The highest BCUT2D eigenvalue weighted by atomic mass is 16.5. The third kappa shape index (κ3) is 9.71. The maximum absolute atomic E-state index is 10.4. The number of unbranched alkanes of at least 4 members (excludes halogenated alkanes) is 10. The van der Waals surface area contributed by atoms with Crippen LogP contribution in [0.15, 0.2) is 0 Å². The summed E-state index contributed by atoms with van der Waals surface area (Å²) in [7, 11) is 0. The molecule has 27 heavy (non-hydrogen) atoms. The molecule has 0 saturated carbocycles. The van der Waals surface area contributed by atoms with Crippen molar-refractivity contribution in [3.8, 4) is 0 Å². The van der Waals surface area contributed by atoms with Gasteiger partial charge in [-0.25, -0.2) is 0 Å². The third-order valence-electron chi connectivity index (χ3n) is 5.82. The van der Waals surface area contributed by atoms with Gasteiger partial charge in [0.2, 0.25) is 0 Å². The lowest BCUT2D eigenvalue weighted by Gasteiger charge is -2.44. The Morgan fingerprint density at radius 3 is 1.93 bits per heavy atom. The lowest BCUT2D eigenvalue weighted by molar-refractivity contribution is -0.163. The summed E-state index contributed by atoms with van der Waals surface area (Å²) in [6.07, 6.45) is 12.3. The lowest BCUT2D eigenvalue weighted by atomic mass is 9.93. The van der Waals surface area contributed by atoms with E-state index in [1.807, 2.05) is 0 Å². The van der Waals surface area contributed by atoms with Gasteiger partial charge in [0, 0.05) is 13.2 Å². The summed E-state index contributed by atoms with van der Waals surface area (Å²) < 4.78 is 5.92. The Balaban J connectivity index is 2.33. The maximum atomic E-state index is 10.4. The van der Waals surface area contributed by atoms with E-state index in [1.165, 1.54) is 57.8 Å². The molecule has 0 aromatic heterocycles. The molecule has 0 spiro atoms. The van der Waals surface area contributed by atoms with E-state index in [0.29, 0.717) is 13.2 Å². The summed E-state index contributed by atoms with van der Waals surface area (Å²) in [5.74, 6) is 0. The molecule has 0 bridgehead atoms. The van der Waals surface area contributed by atoms with E-state index in [1.54, 1.807) is 0 Å². The SMILES string of the molecule is CCCCCCCCO[C@H]1CN(CCCCCCCC)[C@H](CO)[C@@H](O)[C@@H]1O. The third-order valence-corrected chi connectivity index (χ3v) is 5.82. The van der Waals surface area contributed by atoms with E-state index in [2.05, 4.69) is 18.7 Å². The van der Waals surface area contributed by atoms with Crippen LogP contribution in [0.4, 0.5) is 0 Å². The van der Waals surface area contributed by atoms with E-state index in [9.17, 15) is 15.3 Å². The molecular formula is C22H45NO4. The van der Waals surface area contributed by atoms with E-state index in [-0.39, 0.29) is 18.8 Å². The van der Waals surface area contributed by atoms with Crippen molar-refractivity contribution in [2.45, 2.75) is 115 Å². The van der Waals surface area contributed by atoms with Gasteiger partial charge in [0.25, 0.3) is 0 Å². The first-order valence-corrected chi connectivity index (χ1v) is 11.5. The highest BCUT2D eigenvalue weighted by molar-refractivity contribution is 4.94. The van der Waals surface area contributed by atoms with Gasteiger partial charge in [-0.3, -0.25) is 4.90 Å². The fourth-order valence-corrected chi connectivity index (χ4v) is 3.98. The van der Waals surface area contributed by atoms with E-state index in [4.69, 9.17) is 4.74 Å². The molecule has 1 aliphatic rings. The Labute approximate surface area is 167 Å². The Bertz CT molecular complexity index is 342. The molecule has 1 rings (SSSR count). The number of aliphatic hydroxyl groups is 3. The van der Waals surface area contributed by atoms with Crippen LogP contribution in [0.2, 0.25) is 0 Å². The molecule has 5 nitrogen and oxygen atoms in total. The lowest BCUT2D eigenvalue weighted by Crippen LogP contribution is -2.63. The standard InChI is InChI=1S/C22H45NO4/c1-3-5-7-9-11-13-15-23-17-20(22(26)21(25)19(23)18-24)27-16-14-12-10-8-6-4-2/h19-22,24-26H,3-18H2,1-2H3/t19-,20+,21-,22-/m1/s1. The van der Waals surface area contributed by atoms with Crippen LogP contribution in [0, 0.1) is 0 Å². The summed E-state index contributed by atoms with van der Waals surface area (Å²) in [5.41, 5.74) is 0. The fourth-order valence-electron chi connectivity index (χ4n) is 3.98. The van der Waals surface area contributed by atoms with Gasteiger partial charge in [0.05, 0.1) is 18.8 Å². The van der Waals surface area contributed by atoms with Crippen LogP contribution in [0.3, 0.4) is 0 Å². The van der Waals surface area contributed by atoms with Crippen molar-refractivity contribution >= 4 is 0 Å². The summed E-state index contributed by atoms with van der Waals surface area (Å²) in [5, 5.41) is 30.5. The van der Waals surface area contributed by atoms with Crippen molar-refractivity contribution in [1.29, 1.82) is 0 Å². The number of rotatable bonds is 16. The normalized spacial score (nSPS) is 26.6. The quantitative estimate of drug-likeness (QED) is 0.354. The van der Waals surface area contributed by atoms with E-state index in [0.717, 1.165) is 25.8 Å². The Morgan fingerprint density at radius 2 is 1.33 bits per heavy atom. The van der Waals surface area contributed by atoms with Crippen molar-refractivity contribution in [3.63, 3.8) is 0 Å². The maximum Gasteiger partial charge on any atom is 0.109 e. The molecule has 1 aliphatic heterocycles. The molecule has 162 valence electrons. The molecule has 0 aromatic carbocycles. The van der Waals surface area contributed by atoms with E-state index < -0.39 is 12.2 Å². The van der Waals surface area contributed by atoms with Gasteiger partial charge in [0.1, 0.15) is 12.2 Å². The van der Waals surface area contributed by atoms with Crippen molar-refractivity contribution in [2.75, 3.05) is 26.3 Å². The molecule has 4 atom stereocenters. The van der Waals surface area contributed by atoms with Crippen molar-refractivity contribution in [3.05, 3.63) is 0 Å². The van der Waals surface area contributed by atoms with Gasteiger partial charge in [-0.2, -0.15) is 0 Å². The monoisotopic (exact) mass is 387 g/mol. The Morgan fingerprint density at radius 1 is 0.778 bits per heavy atom. The molecule has 0 aliphatic carbocycles. The average Bonchev–Trinajstić information content (AvgIpc) is 2.67. The molecular weight excluding hydrogens is 342 g/mol. The van der Waals surface area contributed by atoms with Gasteiger partial charge in [0.15, 0.2) is 0 Å². The second-order valence-corrected chi connectivity index (χ2v) is 8.17. The number of hydrogen-bond donors (Lipinski definition) is 3. The van der Waals surface area contributed by atoms with Gasteiger partial charge < -0.3 is 20.1 Å². The first-order chi connectivity index (χ1) is 13.2. The van der Waals surface area contributed by atoms with Gasteiger partial charge in [-0.05, 0) is 19.4 Å². The molecule has 0 amide bonds. The zero-order chi connectivity index (χ0) is 19.9. The van der Waals surface area contributed by atoms with Crippen molar-refractivity contribution in [1.82, 2.24) is 4.90 Å². The second kappa shape index (κ2) is 15.7. The zero-order valence-corrected chi connectivity index (χ0v) is 17.8. The van der Waals surface area contributed by atoms with Gasteiger partial charge in [-0.15, -0.1) is 0 Å². The second-order valence-electron chi connectivity index (χ2n) is 8.17. The molecule has 1 saturated heterocycles. The topological polar surface area (TPSA) is 73.2 Å². The smallest absolute Gasteiger partial charge is 0.109 e. The molecule has 0 unspecified atom stereocenters. The Kier molecular flexibility index (Phi) is 14.4. The fraction of sp³-hybridized carbons (Fsp3) is 1.00. The van der Waals surface area contributed by atoms with Gasteiger partial charge >= 0.3 is 0 Å². The van der Waals surface area contributed by atoms with Gasteiger partial charge in [-0.1, -0.05) is 78.1 Å². The molecule has 5 heteroatoms. The highest BCUT2D eigenvalue weighted by Crippen LogP contribution is 2.22. The van der Waals surface area contributed by atoms with Crippen LogP contribution >= 0.6 is 0 Å². The number of piperidine rings is 1. The van der Waals surface area contributed by atoms with Crippen LogP contribution < -0.4 is 0 Å². The van der Waals surface area contributed by atoms with Crippen molar-refractivity contribution < 1.29 is 20.1 Å². The first-order valence-electron chi connectivity index (χ1n) is 11.5. The molecule has 0 aromatic rings. The predicted molar refractivity (Wildman–Crippen MR) is 111 cm³/mol. The zero-order valence-electron chi connectivity index (χ0n) is 17.8. The summed E-state index contributed by atoms with van der Waals surface area (Å²) >= 11 is 0. The number of hydrogen-bond acceptors (Lipinski definition) is 5. The summed E-state index contributed by atoms with van der Waals surface area (Å²) in [6, 6.07) is -0.385. The minimum Gasteiger partial charge on any atom is -0.395 e. The molecule has 1 heterocycles. The van der Waals surface area contributed by atoms with Crippen LogP contribution in [0.5, 0.6) is 0 Å². The number of likely N-dealkylation sites (tertiary alicyclic amines) is 1. The molecule has 1 fully saturated rings. The minimum atomic E-state index is -0.946. The van der Waals surface area contributed by atoms with Crippen LogP contribution in [0.25, 0.3) is 0 Å². The molecule has 3 N–H and O–H groups in total. The number of aliphatic hydroxyl groups excluding tert-OH is 3. The van der Waals surface area contributed by atoms with Crippen molar-refractivity contribution in [2.24, 2.45) is 0 Å². The number of nitrogens with zero attached hydrogens (tertiary/aromatic N) is 1. The summed E-state index contributed by atoms with van der Waals surface area (Å²) in [4.78, 5) is 2.11. The minimum absolute atomic E-state index is 0.127. The van der Waals surface area contributed by atoms with Crippen LogP contribution in [-0.2, 0) is 4.74 Å². The van der Waals surface area contributed by atoms with E-state index >= 15 is 0 Å². The highest BCUT2D eigenvalue weighted by Gasteiger charge is 2.41. The molecule has 0 radical (unpaired) electrons. The van der Waals surface area contributed by atoms with Crippen LogP contribution in [0.1, 0.15) is 90.9 Å². The first kappa shape index (κ1) is 24.8.